The number of fused-ring (bicyclic) bond motifs is 1. The number of hydrogen-bond donors (Lipinski definition) is 1. The number of H-pyrrole nitrogens is 1. The second kappa shape index (κ2) is 18.4. The van der Waals surface area contributed by atoms with Crippen molar-refractivity contribution < 1.29 is 33.4 Å². The van der Waals surface area contributed by atoms with E-state index in [0.717, 1.165) is 5.69 Å². The summed E-state index contributed by atoms with van der Waals surface area (Å²) in [4.78, 5) is 76.4. The Bertz CT molecular complexity index is 1910. The number of aromatic amines is 1. The average molecular weight is 1020 g/mol. The molecule has 15 nitrogen and oxygen atoms in total. The number of Topliss-reactive ketones (excluding diaryl/α,β-unsaturated/α-hetero) is 1. The van der Waals surface area contributed by atoms with Crippen LogP contribution in [0.25, 0.3) is 5.52 Å². The topological polar surface area (TPSA) is 170 Å². The molecule has 302 valence electrons. The molecule has 0 unspecified atom stereocenters. The summed E-state index contributed by atoms with van der Waals surface area (Å²) >= 11 is 13.1. The lowest BCUT2D eigenvalue weighted by atomic mass is 9.93. The summed E-state index contributed by atoms with van der Waals surface area (Å²) in [7, 11) is 1.26. The van der Waals surface area contributed by atoms with Gasteiger partial charge in [-0.05, 0) is 117 Å². The van der Waals surface area contributed by atoms with Crippen LogP contribution in [0.5, 0.6) is 0 Å². The average Bonchev–Trinajstić information content (AvgIpc) is 3.75. The fourth-order valence-electron chi connectivity index (χ4n) is 6.07. The van der Waals surface area contributed by atoms with Gasteiger partial charge in [-0.3, -0.25) is 14.0 Å². The lowest BCUT2D eigenvalue weighted by Crippen LogP contribution is -2.36. The van der Waals surface area contributed by atoms with Crippen molar-refractivity contribution in [1.82, 2.24) is 33.7 Å². The fourth-order valence-corrected chi connectivity index (χ4v) is 8.56. The van der Waals surface area contributed by atoms with Gasteiger partial charge in [-0.25, -0.2) is 24.4 Å². The van der Waals surface area contributed by atoms with Crippen molar-refractivity contribution in [2.75, 3.05) is 33.3 Å². The van der Waals surface area contributed by atoms with Gasteiger partial charge in [0.1, 0.15) is 25.9 Å². The van der Waals surface area contributed by atoms with Crippen LogP contribution in [-0.2, 0) is 25.5 Å². The summed E-state index contributed by atoms with van der Waals surface area (Å²) in [5, 5.41) is 0. The van der Waals surface area contributed by atoms with Crippen LogP contribution in [0, 0.1) is 17.8 Å². The molecule has 5 heterocycles. The lowest BCUT2D eigenvalue weighted by Gasteiger charge is -2.24. The van der Waals surface area contributed by atoms with Crippen LogP contribution in [-0.4, -0.2) is 102 Å². The van der Waals surface area contributed by atoms with Gasteiger partial charge in [-0.1, -0.05) is 28.7 Å². The lowest BCUT2D eigenvalue weighted by molar-refractivity contribution is -0.124. The summed E-state index contributed by atoms with van der Waals surface area (Å²) in [5.74, 6) is -0.829. The van der Waals surface area contributed by atoms with E-state index >= 15 is 0 Å². The number of carbonyl (C=O) groups excluding carboxylic acids is 4. The normalized spacial score (nSPS) is 19.7. The van der Waals surface area contributed by atoms with E-state index in [0.29, 0.717) is 43.8 Å². The monoisotopic (exact) mass is 1010 g/mol. The highest BCUT2D eigenvalue weighted by Crippen LogP contribution is 2.33. The maximum absolute atomic E-state index is 12.9. The van der Waals surface area contributed by atoms with Crippen molar-refractivity contribution >= 4 is 93.2 Å². The molecule has 0 bridgehead atoms. The number of likely N-dealkylation sites (tertiary alicyclic amines) is 2. The van der Waals surface area contributed by atoms with Crippen molar-refractivity contribution in [3.63, 3.8) is 0 Å². The van der Waals surface area contributed by atoms with Crippen LogP contribution in [0.1, 0.15) is 92.3 Å². The van der Waals surface area contributed by atoms with Gasteiger partial charge < -0.3 is 33.6 Å². The first-order chi connectivity index (χ1) is 24.0. The third-order valence-electron chi connectivity index (χ3n) is 8.48. The third kappa shape index (κ3) is 11.2. The van der Waals surface area contributed by atoms with Gasteiger partial charge in [0.25, 0.3) is 5.56 Å². The van der Waals surface area contributed by atoms with Crippen molar-refractivity contribution in [1.29, 1.82) is 0 Å². The van der Waals surface area contributed by atoms with Crippen molar-refractivity contribution in [3.8, 4) is 0 Å². The van der Waals surface area contributed by atoms with Crippen LogP contribution in [0.15, 0.2) is 29.7 Å². The van der Waals surface area contributed by atoms with Gasteiger partial charge in [0.05, 0.1) is 13.7 Å². The quantitative estimate of drug-likeness (QED) is 0.195. The summed E-state index contributed by atoms with van der Waals surface area (Å²) in [6.45, 7) is 16.7. The smallest absolute Gasteiger partial charge is 0.410 e. The molecule has 19 heteroatoms. The SMILES string of the molecule is C.C.COC(=O)c1c(Br)nc(Br)n1CC(=O)[C@@H]1CN(C(=O)OC(C)(C)C)C[C@H]1C.C[C@@H]1CN(C(=O)OC(C)(C)C)C[C@H]1c1cn2c(Br)nc(Br)c2c(=O)[nH]1. The molecule has 3 aromatic rings. The summed E-state index contributed by atoms with van der Waals surface area (Å²) in [5.41, 5.74) is 0.0514. The molecule has 2 fully saturated rings. The number of nitrogens with zero attached hydrogens (tertiary/aromatic N) is 6. The number of carbonyl (C=O) groups is 4. The number of ether oxygens (including phenoxy) is 3. The third-order valence-corrected chi connectivity index (χ3v) is 10.7. The molecule has 2 aliphatic heterocycles. The Morgan fingerprint density at radius 1 is 0.815 bits per heavy atom. The van der Waals surface area contributed by atoms with E-state index in [1.165, 1.54) is 11.7 Å². The zero-order valence-corrected chi connectivity index (χ0v) is 36.7. The molecule has 0 aliphatic carbocycles. The van der Waals surface area contributed by atoms with E-state index in [1.54, 1.807) is 35.0 Å². The van der Waals surface area contributed by atoms with E-state index in [1.807, 2.05) is 33.9 Å². The molecule has 0 saturated carbocycles. The fraction of sp³-hybridized carbons (Fsp3) is 0.629. The molecule has 0 radical (unpaired) electrons. The summed E-state index contributed by atoms with van der Waals surface area (Å²) in [6.07, 6.45) is 1.11. The van der Waals surface area contributed by atoms with E-state index in [-0.39, 0.29) is 74.7 Å². The highest BCUT2D eigenvalue weighted by atomic mass is 79.9. The number of aromatic nitrogens is 5. The standard InChI is InChI=1S/C17H23Br2N3O5.C16H20Br2N4O3.2CH4/c1-9-6-21(16(25)27-17(2,3)4)7-10(9)11(23)8-22-12(14(24)26-5)13(18)20-15(22)19;1-8-5-21(15(24)25-16(2,3)4)6-9(8)10-7-22-11(13(23)19-10)12(17)20-14(22)18;;/h9-10H,6-8H2,1-5H3;7-9H,5-6H2,1-4H3,(H,19,23);2*1H4/t9-,10-;8-,9-;;/m11../s1. The van der Waals surface area contributed by atoms with Crippen molar-refractivity contribution in [2.45, 2.75) is 93.9 Å². The van der Waals surface area contributed by atoms with Gasteiger partial charge in [0.15, 0.2) is 20.9 Å². The molecule has 2 aliphatic rings. The molecule has 0 spiro atoms. The summed E-state index contributed by atoms with van der Waals surface area (Å²) in [6, 6.07) is 0. The molecule has 1 N–H and O–H groups in total. The first kappa shape index (κ1) is 47.4. The van der Waals surface area contributed by atoms with E-state index in [2.05, 4.69) is 85.6 Å². The minimum Gasteiger partial charge on any atom is -0.464 e. The van der Waals surface area contributed by atoms with E-state index in [4.69, 9.17) is 14.2 Å². The Labute approximate surface area is 349 Å². The van der Waals surface area contributed by atoms with Crippen LogP contribution < -0.4 is 5.56 Å². The van der Waals surface area contributed by atoms with Gasteiger partial charge in [0.2, 0.25) is 0 Å². The van der Waals surface area contributed by atoms with Crippen molar-refractivity contribution in [3.05, 3.63) is 46.6 Å². The highest BCUT2D eigenvalue weighted by molar-refractivity contribution is 9.11. The van der Waals surface area contributed by atoms with Crippen LogP contribution in [0.4, 0.5) is 9.59 Å². The molecule has 5 rings (SSSR count). The Kier molecular flexibility index (Phi) is 16.2. The first-order valence-electron chi connectivity index (χ1n) is 16.5. The predicted molar refractivity (Wildman–Crippen MR) is 219 cm³/mol. The highest BCUT2D eigenvalue weighted by Gasteiger charge is 2.40. The molecule has 54 heavy (non-hydrogen) atoms. The number of nitrogens with one attached hydrogen (secondary N) is 1. The Hall–Kier alpha value is -2.77. The number of hydrogen-bond acceptors (Lipinski definition) is 10. The maximum Gasteiger partial charge on any atom is 0.410 e. The molecular formula is C35H51Br4N7O8. The van der Waals surface area contributed by atoms with Crippen molar-refractivity contribution in [2.24, 2.45) is 17.8 Å². The number of halogens is 4. The number of methoxy groups -OCH3 is 1. The number of ketones is 1. The van der Waals surface area contributed by atoms with E-state index in [9.17, 15) is 24.0 Å². The second-order valence-electron chi connectivity index (χ2n) is 14.9. The largest absolute Gasteiger partial charge is 0.464 e. The summed E-state index contributed by atoms with van der Waals surface area (Å²) < 4.78 is 20.5. The zero-order chi connectivity index (χ0) is 39.0. The minimum atomic E-state index is -0.595. The zero-order valence-electron chi connectivity index (χ0n) is 30.4. The molecule has 0 aromatic carbocycles. The predicted octanol–water partition coefficient (Wildman–Crippen LogP) is 8.06. The van der Waals surface area contributed by atoms with Crippen LogP contribution >= 0.6 is 63.7 Å². The second-order valence-corrected chi connectivity index (χ2v) is 17.9. The van der Waals surface area contributed by atoms with Crippen LogP contribution in [0.2, 0.25) is 0 Å². The van der Waals surface area contributed by atoms with Gasteiger partial charge in [-0.15, -0.1) is 0 Å². The minimum absolute atomic E-state index is 0. The molecule has 2 amide bonds. The van der Waals surface area contributed by atoms with Gasteiger partial charge >= 0.3 is 18.2 Å². The van der Waals surface area contributed by atoms with Gasteiger partial charge in [-0.2, -0.15) is 0 Å². The Morgan fingerprint density at radius 2 is 1.33 bits per heavy atom. The Morgan fingerprint density at radius 3 is 1.87 bits per heavy atom. The number of amides is 2. The molecular weight excluding hydrogens is 966 g/mol. The molecule has 3 aromatic heterocycles. The van der Waals surface area contributed by atoms with Crippen LogP contribution in [0.3, 0.4) is 0 Å². The number of imidazole rings is 2. The van der Waals surface area contributed by atoms with E-state index < -0.39 is 23.3 Å². The maximum atomic E-state index is 12.9. The van der Waals surface area contributed by atoms with Gasteiger partial charge in [0, 0.05) is 49.9 Å². The molecule has 2 saturated heterocycles. The first-order valence-corrected chi connectivity index (χ1v) is 19.6. The Balaban J connectivity index is 0.000000361. The number of rotatable bonds is 5. The molecule has 4 atom stereocenters. The number of esters is 1.